The van der Waals surface area contributed by atoms with Gasteiger partial charge in [-0.3, -0.25) is 9.00 Å². The van der Waals surface area contributed by atoms with Crippen LogP contribution in [-0.4, -0.2) is 46.3 Å². The van der Waals surface area contributed by atoms with Gasteiger partial charge in [-0.15, -0.1) is 0 Å². The maximum absolute atomic E-state index is 12.0. The summed E-state index contributed by atoms with van der Waals surface area (Å²) in [4.78, 5) is 13.9. The van der Waals surface area contributed by atoms with Crippen molar-refractivity contribution in [3.63, 3.8) is 0 Å². The van der Waals surface area contributed by atoms with E-state index in [4.69, 9.17) is 0 Å². The van der Waals surface area contributed by atoms with Crippen LogP contribution in [0.2, 0.25) is 0 Å². The minimum atomic E-state index is -2.14. The Morgan fingerprint density at radius 1 is 1.35 bits per heavy atom. The molecule has 1 rings (SSSR count). The molecule has 1 unspecified atom stereocenters. The van der Waals surface area contributed by atoms with Gasteiger partial charge in [0, 0.05) is 40.5 Å². The summed E-state index contributed by atoms with van der Waals surface area (Å²) in [5.74, 6) is 3.79. The number of likely N-dealkylation sites (tertiary alicyclic amines) is 1. The van der Waals surface area contributed by atoms with Gasteiger partial charge < -0.3 is 4.90 Å². The molecule has 100 valence electrons. The van der Waals surface area contributed by atoms with Gasteiger partial charge in [-0.2, -0.15) is 0 Å². The van der Waals surface area contributed by atoms with Gasteiger partial charge in [-0.05, 0) is 18.7 Å². The van der Waals surface area contributed by atoms with Crippen LogP contribution in [0.3, 0.4) is 0 Å². The Labute approximate surface area is 105 Å². The minimum Gasteiger partial charge on any atom is -0.342 e. The number of nitrogens with zero attached hydrogens (tertiary/aromatic N) is 1. The van der Waals surface area contributed by atoms with Crippen LogP contribution in [0.25, 0.3) is 0 Å². The number of carbonyl (C=O) groups is 1. The number of hydrogen-bond donors (Lipinski definition) is 1. The van der Waals surface area contributed by atoms with E-state index < -0.39 is 9.71 Å². The fourth-order valence-electron chi connectivity index (χ4n) is 2.03. The molecule has 0 bridgehead atoms. The molecule has 1 N–H and O–H groups in total. The normalized spacial score (nSPS) is 22.2. The fraction of sp³-hybridized carbons (Fsp3) is 0.833. The van der Waals surface area contributed by atoms with E-state index >= 15 is 0 Å². The average molecular weight is 260 g/mol. The topological polar surface area (TPSA) is 49.4 Å². The second-order valence-corrected chi connectivity index (χ2v) is 8.18. The number of amides is 1. The van der Waals surface area contributed by atoms with Gasteiger partial charge in [-0.1, -0.05) is 20.8 Å². The molecular formula is C12H24N2O2S. The van der Waals surface area contributed by atoms with E-state index in [1.54, 1.807) is 6.26 Å². The summed E-state index contributed by atoms with van der Waals surface area (Å²) in [6.07, 6.45) is 3.31. The molecule has 1 fully saturated rings. The molecule has 0 aliphatic carbocycles. The van der Waals surface area contributed by atoms with Gasteiger partial charge in [0.1, 0.15) is 0 Å². The number of nitrogens with one attached hydrogen (secondary N) is 1. The highest BCUT2D eigenvalue weighted by Crippen LogP contribution is 2.21. The Bertz CT molecular complexity index is 374. The van der Waals surface area contributed by atoms with E-state index in [2.05, 4.69) is 10.6 Å². The van der Waals surface area contributed by atoms with Crippen molar-refractivity contribution in [3.8, 4) is 0 Å². The van der Waals surface area contributed by atoms with Crippen LogP contribution >= 0.6 is 0 Å². The Morgan fingerprint density at radius 3 is 2.18 bits per heavy atom. The van der Waals surface area contributed by atoms with E-state index in [1.165, 1.54) is 0 Å². The highest BCUT2D eigenvalue weighted by molar-refractivity contribution is 7.97. The van der Waals surface area contributed by atoms with Crippen molar-refractivity contribution < 1.29 is 9.00 Å². The van der Waals surface area contributed by atoms with Crippen molar-refractivity contribution in [1.82, 2.24) is 9.62 Å². The lowest BCUT2D eigenvalue weighted by molar-refractivity contribution is -0.140. The largest absolute Gasteiger partial charge is 0.342 e. The molecule has 0 saturated carbocycles. The molecule has 5 heteroatoms. The van der Waals surface area contributed by atoms with Gasteiger partial charge in [-0.25, -0.2) is 4.72 Å². The standard InChI is InChI=1S/C12H24N2O2S/c1-12(2,3)11(15)14-8-6-10(7-9-14)13-17(4,5)16/h10H,4,6-9H2,1-3,5H3,(H,13,16). The first-order chi connectivity index (χ1) is 7.59. The predicted molar refractivity (Wildman–Crippen MR) is 73.4 cm³/mol. The molecule has 1 saturated heterocycles. The molecule has 4 nitrogen and oxygen atoms in total. The molecule has 0 radical (unpaired) electrons. The highest BCUT2D eigenvalue weighted by atomic mass is 32.2. The first-order valence-electron chi connectivity index (χ1n) is 5.98. The number of carbonyl (C=O) groups excluding carboxylic acids is 1. The van der Waals surface area contributed by atoms with Crippen molar-refractivity contribution in [1.29, 1.82) is 0 Å². The molecule has 1 aliphatic rings. The van der Waals surface area contributed by atoms with Gasteiger partial charge in [0.05, 0.1) is 0 Å². The Kier molecular flexibility index (Phi) is 4.25. The van der Waals surface area contributed by atoms with E-state index in [0.717, 1.165) is 25.9 Å². The van der Waals surface area contributed by atoms with Crippen LogP contribution < -0.4 is 4.72 Å². The summed E-state index contributed by atoms with van der Waals surface area (Å²) in [6, 6.07) is 0.217. The average Bonchev–Trinajstić information content (AvgIpc) is 2.14. The molecule has 0 aromatic rings. The molecule has 1 atom stereocenters. The third kappa shape index (κ3) is 4.68. The van der Waals surface area contributed by atoms with Gasteiger partial charge in [0.2, 0.25) is 5.91 Å². The van der Waals surface area contributed by atoms with Crippen LogP contribution in [0.15, 0.2) is 0 Å². The zero-order chi connectivity index (χ0) is 13.3. The molecule has 0 aromatic heterocycles. The van der Waals surface area contributed by atoms with Crippen LogP contribution in [0.4, 0.5) is 0 Å². The Hall–Kier alpha value is -0.550. The maximum atomic E-state index is 12.0. The second-order valence-electron chi connectivity index (χ2n) is 5.94. The summed E-state index contributed by atoms with van der Waals surface area (Å²) in [7, 11) is -2.14. The molecule has 0 aromatic carbocycles. The lowest BCUT2D eigenvalue weighted by Gasteiger charge is -2.36. The Balaban J connectivity index is 2.49. The number of rotatable bonds is 2. The monoisotopic (exact) mass is 260 g/mol. The molecule has 1 aliphatic heterocycles. The summed E-state index contributed by atoms with van der Waals surface area (Å²) < 4.78 is 14.6. The van der Waals surface area contributed by atoms with E-state index in [-0.39, 0.29) is 17.4 Å². The van der Waals surface area contributed by atoms with Crippen molar-refractivity contribution in [2.24, 2.45) is 5.41 Å². The molecule has 0 spiro atoms. The zero-order valence-corrected chi connectivity index (χ0v) is 12.1. The fourth-order valence-corrected chi connectivity index (χ4v) is 2.97. The van der Waals surface area contributed by atoms with Crippen LogP contribution in [-0.2, 0) is 14.5 Å². The lowest BCUT2D eigenvalue weighted by Crippen LogP contribution is -2.49. The number of hydrogen-bond acceptors (Lipinski definition) is 2. The quantitative estimate of drug-likeness (QED) is 0.749. The molecular weight excluding hydrogens is 236 g/mol. The van der Waals surface area contributed by atoms with E-state index in [1.807, 2.05) is 25.7 Å². The van der Waals surface area contributed by atoms with Crippen molar-refractivity contribution in [3.05, 3.63) is 0 Å². The third-order valence-corrected chi connectivity index (χ3v) is 3.67. The molecule has 1 amide bonds. The maximum Gasteiger partial charge on any atom is 0.227 e. The van der Waals surface area contributed by atoms with Crippen LogP contribution in [0.1, 0.15) is 33.6 Å². The minimum absolute atomic E-state index is 0.197. The molecule has 1 heterocycles. The third-order valence-electron chi connectivity index (χ3n) is 2.84. The summed E-state index contributed by atoms with van der Waals surface area (Å²) >= 11 is 0. The summed E-state index contributed by atoms with van der Waals surface area (Å²) in [5, 5.41) is 0. The van der Waals surface area contributed by atoms with Crippen molar-refractivity contribution in [2.45, 2.75) is 39.7 Å². The lowest BCUT2D eigenvalue weighted by atomic mass is 9.93. The zero-order valence-electron chi connectivity index (χ0n) is 11.3. The first kappa shape index (κ1) is 14.5. The first-order valence-corrected chi connectivity index (χ1v) is 8.12. The predicted octanol–water partition coefficient (Wildman–Crippen LogP) is 0.874. The summed E-state index contributed by atoms with van der Waals surface area (Å²) in [5.41, 5.74) is -0.315. The van der Waals surface area contributed by atoms with Crippen LogP contribution in [0.5, 0.6) is 0 Å². The van der Waals surface area contributed by atoms with E-state index in [0.29, 0.717) is 0 Å². The SMILES string of the molecule is C=S(C)(=O)NC1CCN(C(=O)C(C)(C)C)CC1. The highest BCUT2D eigenvalue weighted by Gasteiger charge is 2.30. The van der Waals surface area contributed by atoms with Gasteiger partial charge >= 0.3 is 0 Å². The van der Waals surface area contributed by atoms with E-state index in [9.17, 15) is 9.00 Å². The Morgan fingerprint density at radius 2 is 1.82 bits per heavy atom. The van der Waals surface area contributed by atoms with Crippen molar-refractivity contribution >= 4 is 21.5 Å². The van der Waals surface area contributed by atoms with Gasteiger partial charge in [0.25, 0.3) is 0 Å². The van der Waals surface area contributed by atoms with Crippen LogP contribution in [0, 0.1) is 5.41 Å². The summed E-state index contributed by atoms with van der Waals surface area (Å²) in [6.45, 7) is 7.30. The van der Waals surface area contributed by atoms with Gasteiger partial charge in [0.15, 0.2) is 0 Å². The molecule has 17 heavy (non-hydrogen) atoms. The number of piperidine rings is 1. The smallest absolute Gasteiger partial charge is 0.227 e. The second kappa shape index (κ2) is 4.98. The van der Waals surface area contributed by atoms with Crippen molar-refractivity contribution in [2.75, 3.05) is 19.3 Å².